The topological polar surface area (TPSA) is 0 Å². The van der Waals surface area contributed by atoms with Gasteiger partial charge in [-0.1, -0.05) is 56.5 Å². The summed E-state index contributed by atoms with van der Waals surface area (Å²) in [7, 11) is 0. The molecular formula is C20H22. The molecule has 1 atom stereocenters. The molecule has 0 fully saturated rings. The first kappa shape index (κ1) is 14.4. The fraction of sp³-hybridized carbons (Fsp3) is 0.250. The Kier molecular flexibility index (Phi) is 4.61. The van der Waals surface area contributed by atoms with Gasteiger partial charge in [0.1, 0.15) is 0 Å². The van der Waals surface area contributed by atoms with E-state index in [2.05, 4.69) is 63.1 Å². The molecule has 0 bridgehead atoms. The average molecular weight is 262 g/mol. The largest absolute Gasteiger partial charge is 0.133 e. The van der Waals surface area contributed by atoms with Crippen LogP contribution in [0.1, 0.15) is 42.4 Å². The van der Waals surface area contributed by atoms with Crippen molar-refractivity contribution in [1.29, 1.82) is 0 Å². The molecule has 2 rings (SSSR count). The summed E-state index contributed by atoms with van der Waals surface area (Å²) in [5, 5.41) is 2.63. The van der Waals surface area contributed by atoms with E-state index in [-0.39, 0.29) is 0 Å². The van der Waals surface area contributed by atoms with Gasteiger partial charge < -0.3 is 0 Å². The summed E-state index contributed by atoms with van der Waals surface area (Å²) in [4.78, 5) is 0. The molecule has 0 aliphatic rings. The van der Waals surface area contributed by atoms with Crippen molar-refractivity contribution in [2.75, 3.05) is 0 Å². The molecule has 0 radical (unpaired) electrons. The van der Waals surface area contributed by atoms with Gasteiger partial charge in [-0.25, -0.2) is 0 Å². The van der Waals surface area contributed by atoms with Gasteiger partial charge in [-0.3, -0.25) is 0 Å². The monoisotopic (exact) mass is 262 g/mol. The van der Waals surface area contributed by atoms with Gasteiger partial charge in [-0.05, 0) is 59.2 Å². The van der Waals surface area contributed by atoms with Crippen molar-refractivity contribution in [2.24, 2.45) is 0 Å². The average Bonchev–Trinajstić information content (AvgIpc) is 2.48. The molecule has 0 amide bonds. The number of rotatable bonds is 5. The molecule has 2 aromatic rings. The van der Waals surface area contributed by atoms with Crippen LogP contribution in [-0.2, 0) is 0 Å². The van der Waals surface area contributed by atoms with E-state index in [1.54, 1.807) is 0 Å². The predicted octanol–water partition coefficient (Wildman–Crippen LogP) is 6.02. The number of hydrogen-bond donors (Lipinski definition) is 0. The Bertz CT molecular complexity index is 670. The van der Waals surface area contributed by atoms with Gasteiger partial charge in [-0.15, -0.1) is 5.73 Å². The highest BCUT2D eigenvalue weighted by Gasteiger charge is 2.15. The number of allylic oxidation sites excluding steroid dienone is 1. The summed E-state index contributed by atoms with van der Waals surface area (Å²) in [5.74, 6) is 0.501. The maximum absolute atomic E-state index is 4.02. The highest BCUT2D eigenvalue weighted by atomic mass is 14.2. The maximum atomic E-state index is 4.02. The second-order valence-corrected chi connectivity index (χ2v) is 5.18. The Morgan fingerprint density at radius 2 is 2.05 bits per heavy atom. The Morgan fingerprint density at radius 3 is 2.70 bits per heavy atom. The second-order valence-electron chi connectivity index (χ2n) is 5.18. The van der Waals surface area contributed by atoms with Gasteiger partial charge in [-0.2, -0.15) is 0 Å². The minimum absolute atomic E-state index is 0.501. The molecule has 0 aromatic heterocycles. The number of aryl methyl sites for hydroxylation is 1. The SMILES string of the molecule is C=C=CCC(CC)c1cc2ccccc2c(C)c1C=C. The first-order valence-electron chi connectivity index (χ1n) is 7.21. The number of hydrogen-bond acceptors (Lipinski definition) is 0. The molecular weight excluding hydrogens is 240 g/mol. The van der Waals surface area contributed by atoms with E-state index in [0.717, 1.165) is 12.8 Å². The molecule has 0 aliphatic heterocycles. The van der Waals surface area contributed by atoms with Crippen molar-refractivity contribution < 1.29 is 0 Å². The van der Waals surface area contributed by atoms with Crippen LogP contribution in [0.3, 0.4) is 0 Å². The highest BCUT2D eigenvalue weighted by molar-refractivity contribution is 5.90. The maximum Gasteiger partial charge on any atom is -0.0118 e. The molecule has 0 heteroatoms. The summed E-state index contributed by atoms with van der Waals surface area (Å²) in [6.45, 7) is 12.1. The van der Waals surface area contributed by atoms with E-state index in [4.69, 9.17) is 0 Å². The molecule has 20 heavy (non-hydrogen) atoms. The van der Waals surface area contributed by atoms with E-state index in [1.807, 2.05) is 12.2 Å². The van der Waals surface area contributed by atoms with Gasteiger partial charge in [0.25, 0.3) is 0 Å². The van der Waals surface area contributed by atoms with Gasteiger partial charge >= 0.3 is 0 Å². The second kappa shape index (κ2) is 6.41. The van der Waals surface area contributed by atoms with Crippen molar-refractivity contribution in [3.63, 3.8) is 0 Å². The van der Waals surface area contributed by atoms with Crippen LogP contribution in [0.2, 0.25) is 0 Å². The van der Waals surface area contributed by atoms with Gasteiger partial charge in [0, 0.05) is 0 Å². The van der Waals surface area contributed by atoms with E-state index >= 15 is 0 Å². The third-order valence-electron chi connectivity index (χ3n) is 4.07. The first-order valence-corrected chi connectivity index (χ1v) is 7.21. The van der Waals surface area contributed by atoms with Crippen LogP contribution in [0.15, 0.2) is 55.3 Å². The van der Waals surface area contributed by atoms with E-state index in [9.17, 15) is 0 Å². The molecule has 1 unspecified atom stereocenters. The molecule has 0 aliphatic carbocycles. The number of benzene rings is 2. The Balaban J connectivity index is 2.67. The van der Waals surface area contributed by atoms with Crippen LogP contribution < -0.4 is 0 Å². The van der Waals surface area contributed by atoms with Crippen LogP contribution in [0.25, 0.3) is 16.8 Å². The van der Waals surface area contributed by atoms with E-state index < -0.39 is 0 Å². The summed E-state index contributed by atoms with van der Waals surface area (Å²) < 4.78 is 0. The Morgan fingerprint density at radius 1 is 1.30 bits per heavy atom. The number of fused-ring (bicyclic) bond motifs is 1. The predicted molar refractivity (Wildman–Crippen MR) is 90.1 cm³/mol. The third kappa shape index (κ3) is 2.61. The lowest BCUT2D eigenvalue weighted by molar-refractivity contribution is 0.674. The molecule has 0 saturated carbocycles. The standard InChI is InChI=1S/C20H22/c1-5-8-11-16(6-2)20-14-17-12-9-10-13-19(17)15(4)18(20)7-3/h7-10,12-14,16H,1,3,6,11H2,2,4H3. The van der Waals surface area contributed by atoms with Crippen LogP contribution in [0, 0.1) is 6.92 Å². The lowest BCUT2D eigenvalue weighted by Crippen LogP contribution is -2.01. The summed E-state index contributed by atoms with van der Waals surface area (Å²) in [6, 6.07) is 10.9. The summed E-state index contributed by atoms with van der Waals surface area (Å²) in [6.07, 6.45) is 6.12. The van der Waals surface area contributed by atoms with Crippen LogP contribution in [-0.4, -0.2) is 0 Å². The summed E-state index contributed by atoms with van der Waals surface area (Å²) in [5.41, 5.74) is 6.90. The Hall–Kier alpha value is -2.04. The third-order valence-corrected chi connectivity index (χ3v) is 4.07. The first-order chi connectivity index (χ1) is 9.72. The van der Waals surface area contributed by atoms with Crippen molar-refractivity contribution in [2.45, 2.75) is 32.6 Å². The summed E-state index contributed by atoms with van der Waals surface area (Å²) >= 11 is 0. The molecule has 0 nitrogen and oxygen atoms in total. The van der Waals surface area contributed by atoms with Gasteiger partial charge in [0.2, 0.25) is 0 Å². The lowest BCUT2D eigenvalue weighted by atomic mass is 9.85. The highest BCUT2D eigenvalue weighted by Crippen LogP contribution is 2.34. The van der Waals surface area contributed by atoms with Crippen LogP contribution >= 0.6 is 0 Å². The molecule has 0 heterocycles. The van der Waals surface area contributed by atoms with Crippen molar-refractivity contribution in [3.8, 4) is 0 Å². The normalized spacial score (nSPS) is 11.9. The molecule has 0 N–H and O–H groups in total. The Labute approximate surface area is 122 Å². The van der Waals surface area contributed by atoms with Crippen molar-refractivity contribution in [1.82, 2.24) is 0 Å². The quantitative estimate of drug-likeness (QED) is 0.578. The fourth-order valence-electron chi connectivity index (χ4n) is 2.92. The molecule has 0 saturated heterocycles. The fourth-order valence-corrected chi connectivity index (χ4v) is 2.92. The van der Waals surface area contributed by atoms with Crippen LogP contribution in [0.5, 0.6) is 0 Å². The van der Waals surface area contributed by atoms with Crippen molar-refractivity contribution in [3.05, 3.63) is 72.0 Å². The zero-order valence-corrected chi connectivity index (χ0v) is 12.4. The zero-order chi connectivity index (χ0) is 14.5. The zero-order valence-electron chi connectivity index (χ0n) is 12.4. The minimum Gasteiger partial charge on any atom is -0.133 e. The van der Waals surface area contributed by atoms with Crippen molar-refractivity contribution >= 4 is 16.8 Å². The van der Waals surface area contributed by atoms with E-state index in [1.165, 1.54) is 27.5 Å². The lowest BCUT2D eigenvalue weighted by Gasteiger charge is -2.19. The molecule has 0 spiro atoms. The van der Waals surface area contributed by atoms with E-state index in [0.29, 0.717) is 5.92 Å². The minimum atomic E-state index is 0.501. The molecule has 102 valence electrons. The van der Waals surface area contributed by atoms with Gasteiger partial charge in [0.05, 0.1) is 0 Å². The smallest absolute Gasteiger partial charge is 0.0118 e. The van der Waals surface area contributed by atoms with Crippen LogP contribution in [0.4, 0.5) is 0 Å². The molecule has 2 aromatic carbocycles. The van der Waals surface area contributed by atoms with Gasteiger partial charge in [0.15, 0.2) is 0 Å².